The predicted molar refractivity (Wildman–Crippen MR) is 102 cm³/mol. The van der Waals surface area contributed by atoms with Crippen LogP contribution in [0.15, 0.2) is 84.9 Å². The fraction of sp³-hybridized carbons (Fsp3) is 0.0909. The molecule has 0 aliphatic heterocycles. The molecule has 5 nitrogen and oxygen atoms in total. The Hall–Kier alpha value is -3.60. The Balaban J connectivity index is 1.55. The lowest BCUT2D eigenvalue weighted by atomic mass is 10.2. The molecule has 0 radical (unpaired) electrons. The summed E-state index contributed by atoms with van der Waals surface area (Å²) in [6.45, 7) is -0.0470. The topological polar surface area (TPSA) is 64.6 Å². The number of hydrogen-bond donors (Lipinski definition) is 1. The van der Waals surface area contributed by atoms with Gasteiger partial charge < -0.3 is 14.8 Å². The van der Waals surface area contributed by atoms with Crippen LogP contribution in [0.2, 0.25) is 0 Å². The van der Waals surface area contributed by atoms with Crippen LogP contribution in [0.1, 0.15) is 15.9 Å². The summed E-state index contributed by atoms with van der Waals surface area (Å²) < 4.78 is 10.9. The third kappa shape index (κ3) is 5.44. The van der Waals surface area contributed by atoms with Crippen molar-refractivity contribution in [3.05, 3.63) is 96.1 Å². The number of amides is 1. The van der Waals surface area contributed by atoms with Gasteiger partial charge in [0.25, 0.3) is 5.91 Å². The highest BCUT2D eigenvalue weighted by Crippen LogP contribution is 2.24. The summed E-state index contributed by atoms with van der Waals surface area (Å²) in [4.78, 5) is 24.3. The van der Waals surface area contributed by atoms with Gasteiger partial charge in [-0.2, -0.15) is 0 Å². The van der Waals surface area contributed by atoms with Gasteiger partial charge in [0.2, 0.25) is 0 Å². The Morgan fingerprint density at radius 3 is 2.15 bits per heavy atom. The first-order valence-electron chi connectivity index (χ1n) is 8.52. The molecule has 0 fully saturated rings. The van der Waals surface area contributed by atoms with E-state index in [-0.39, 0.29) is 13.2 Å². The number of para-hydroxylation sites is 2. The molecule has 0 saturated heterocycles. The summed E-state index contributed by atoms with van der Waals surface area (Å²) in [5, 5.41) is 2.57. The molecule has 5 heteroatoms. The smallest absolute Gasteiger partial charge is 0.325 e. The van der Waals surface area contributed by atoms with Crippen molar-refractivity contribution in [1.82, 2.24) is 5.32 Å². The van der Waals surface area contributed by atoms with Gasteiger partial charge in [0, 0.05) is 0 Å². The standard InChI is InChI=1S/C22H19NO4/c24-21(26-16-17-9-3-1-4-10-17)15-23-22(25)19-13-7-8-14-20(19)27-18-11-5-2-6-12-18/h1-14H,15-16H2,(H,23,25). The first-order chi connectivity index (χ1) is 13.2. The van der Waals surface area contributed by atoms with Gasteiger partial charge in [-0.25, -0.2) is 0 Å². The molecule has 27 heavy (non-hydrogen) atoms. The molecule has 0 bridgehead atoms. The lowest BCUT2D eigenvalue weighted by molar-refractivity contribution is -0.143. The van der Waals surface area contributed by atoms with Crippen molar-refractivity contribution in [2.24, 2.45) is 0 Å². The van der Waals surface area contributed by atoms with Gasteiger partial charge >= 0.3 is 5.97 Å². The van der Waals surface area contributed by atoms with Crippen molar-refractivity contribution in [2.75, 3.05) is 6.54 Å². The van der Waals surface area contributed by atoms with Crippen LogP contribution in [0.4, 0.5) is 0 Å². The summed E-state index contributed by atoms with van der Waals surface area (Å²) in [6, 6.07) is 25.4. The van der Waals surface area contributed by atoms with E-state index in [9.17, 15) is 9.59 Å². The van der Waals surface area contributed by atoms with Gasteiger partial charge in [0.15, 0.2) is 0 Å². The molecular formula is C22H19NO4. The minimum Gasteiger partial charge on any atom is -0.460 e. The molecule has 1 N–H and O–H groups in total. The molecule has 0 aromatic heterocycles. The van der Waals surface area contributed by atoms with Gasteiger partial charge in [-0.3, -0.25) is 9.59 Å². The maximum absolute atomic E-state index is 12.4. The average molecular weight is 361 g/mol. The summed E-state index contributed by atoms with van der Waals surface area (Å²) >= 11 is 0. The van der Waals surface area contributed by atoms with E-state index < -0.39 is 11.9 Å². The largest absolute Gasteiger partial charge is 0.460 e. The molecule has 0 aliphatic carbocycles. The van der Waals surface area contributed by atoms with E-state index in [1.165, 1.54) is 0 Å². The van der Waals surface area contributed by atoms with Gasteiger partial charge in [-0.15, -0.1) is 0 Å². The molecule has 3 aromatic rings. The van der Waals surface area contributed by atoms with Crippen molar-refractivity contribution in [3.63, 3.8) is 0 Å². The fourth-order valence-corrected chi connectivity index (χ4v) is 2.40. The monoisotopic (exact) mass is 361 g/mol. The van der Waals surface area contributed by atoms with Crippen LogP contribution in [0.25, 0.3) is 0 Å². The molecule has 0 saturated carbocycles. The molecule has 0 aliphatic rings. The molecule has 3 aromatic carbocycles. The SMILES string of the molecule is O=C(CNC(=O)c1ccccc1Oc1ccccc1)OCc1ccccc1. The third-order valence-electron chi connectivity index (χ3n) is 3.74. The second kappa shape index (κ2) is 9.20. The first-order valence-corrected chi connectivity index (χ1v) is 8.52. The summed E-state index contributed by atoms with van der Waals surface area (Å²) in [6.07, 6.45) is 0. The fourth-order valence-electron chi connectivity index (χ4n) is 2.40. The molecule has 0 spiro atoms. The van der Waals surface area contributed by atoms with E-state index in [1.807, 2.05) is 48.5 Å². The molecule has 3 rings (SSSR count). The van der Waals surface area contributed by atoms with Crippen LogP contribution in [0, 0.1) is 0 Å². The zero-order chi connectivity index (χ0) is 18.9. The Kier molecular flexibility index (Phi) is 6.20. The maximum atomic E-state index is 12.4. The van der Waals surface area contributed by atoms with Crippen LogP contribution in [-0.2, 0) is 16.1 Å². The highest BCUT2D eigenvalue weighted by atomic mass is 16.5. The van der Waals surface area contributed by atoms with Crippen molar-refractivity contribution < 1.29 is 19.1 Å². The van der Waals surface area contributed by atoms with Gasteiger partial charge in [-0.1, -0.05) is 60.7 Å². The van der Waals surface area contributed by atoms with E-state index in [2.05, 4.69) is 5.32 Å². The van der Waals surface area contributed by atoms with E-state index in [0.29, 0.717) is 17.1 Å². The molecule has 0 atom stereocenters. The highest BCUT2D eigenvalue weighted by molar-refractivity contribution is 5.98. The second-order valence-electron chi connectivity index (χ2n) is 5.74. The number of carbonyl (C=O) groups excluding carboxylic acids is 2. The zero-order valence-corrected chi connectivity index (χ0v) is 14.6. The van der Waals surface area contributed by atoms with E-state index >= 15 is 0 Å². The van der Waals surface area contributed by atoms with Crippen molar-refractivity contribution in [1.29, 1.82) is 0 Å². The quantitative estimate of drug-likeness (QED) is 0.647. The predicted octanol–water partition coefficient (Wildman–Crippen LogP) is 3.95. The minimum absolute atomic E-state index is 0.170. The van der Waals surface area contributed by atoms with E-state index in [1.54, 1.807) is 36.4 Å². The molecule has 0 unspecified atom stereocenters. The van der Waals surface area contributed by atoms with Gasteiger partial charge in [-0.05, 0) is 29.8 Å². The van der Waals surface area contributed by atoms with Crippen molar-refractivity contribution >= 4 is 11.9 Å². The van der Waals surface area contributed by atoms with Crippen molar-refractivity contribution in [2.45, 2.75) is 6.61 Å². The van der Waals surface area contributed by atoms with E-state index in [4.69, 9.17) is 9.47 Å². The Bertz CT molecular complexity index is 894. The summed E-state index contributed by atoms with van der Waals surface area (Å²) in [7, 11) is 0. The van der Waals surface area contributed by atoms with Crippen LogP contribution in [0.3, 0.4) is 0 Å². The second-order valence-corrected chi connectivity index (χ2v) is 5.74. The number of ether oxygens (including phenoxy) is 2. The van der Waals surface area contributed by atoms with Crippen LogP contribution in [0.5, 0.6) is 11.5 Å². The minimum atomic E-state index is -0.506. The molecular weight excluding hydrogens is 342 g/mol. The van der Waals surface area contributed by atoms with Crippen LogP contribution in [-0.4, -0.2) is 18.4 Å². The Morgan fingerprint density at radius 2 is 1.41 bits per heavy atom. The van der Waals surface area contributed by atoms with Crippen LogP contribution < -0.4 is 10.1 Å². The highest BCUT2D eigenvalue weighted by Gasteiger charge is 2.14. The number of hydrogen-bond acceptors (Lipinski definition) is 4. The summed E-state index contributed by atoms with van der Waals surface area (Å²) in [5.41, 5.74) is 1.23. The summed E-state index contributed by atoms with van der Waals surface area (Å²) in [5.74, 6) is 0.130. The number of rotatable bonds is 7. The number of esters is 1. The van der Waals surface area contributed by atoms with Gasteiger partial charge in [0.05, 0.1) is 5.56 Å². The third-order valence-corrected chi connectivity index (χ3v) is 3.74. The lowest BCUT2D eigenvalue weighted by Crippen LogP contribution is -2.30. The van der Waals surface area contributed by atoms with Crippen LogP contribution >= 0.6 is 0 Å². The lowest BCUT2D eigenvalue weighted by Gasteiger charge is -2.11. The average Bonchev–Trinajstić information content (AvgIpc) is 2.72. The number of benzene rings is 3. The molecule has 0 heterocycles. The first kappa shape index (κ1) is 18.2. The molecule has 1 amide bonds. The van der Waals surface area contributed by atoms with Crippen molar-refractivity contribution in [3.8, 4) is 11.5 Å². The van der Waals surface area contributed by atoms with E-state index in [0.717, 1.165) is 5.56 Å². The van der Waals surface area contributed by atoms with Gasteiger partial charge in [0.1, 0.15) is 24.7 Å². The normalized spacial score (nSPS) is 10.1. The Labute approximate surface area is 157 Å². The zero-order valence-electron chi connectivity index (χ0n) is 14.6. The number of nitrogens with one attached hydrogen (secondary N) is 1. The Morgan fingerprint density at radius 1 is 0.778 bits per heavy atom. The maximum Gasteiger partial charge on any atom is 0.325 e. The molecule has 136 valence electrons. The number of carbonyl (C=O) groups is 2.